The molecule has 224 valence electrons. The van der Waals surface area contributed by atoms with Gasteiger partial charge in [-0.15, -0.1) is 0 Å². The fraction of sp³-hybridized carbons (Fsp3) is 0.405. The molecule has 0 bridgehead atoms. The van der Waals surface area contributed by atoms with E-state index in [1.807, 2.05) is 0 Å². The molecule has 0 spiro atoms. The van der Waals surface area contributed by atoms with E-state index in [1.165, 1.54) is 101 Å². The zero-order valence-electron chi connectivity index (χ0n) is 26.1. The Kier molecular flexibility index (Phi) is 16.7. The Labute approximate surface area is 287 Å². The summed E-state index contributed by atoms with van der Waals surface area (Å²) < 4.78 is -0.0339. The monoisotopic (exact) mass is 672 g/mol. The number of benzene rings is 3. The van der Waals surface area contributed by atoms with Crippen molar-refractivity contribution in [3.63, 3.8) is 0 Å². The Hall–Kier alpha value is -1.06. The van der Waals surface area contributed by atoms with Crippen LogP contribution in [0.3, 0.4) is 0 Å². The van der Waals surface area contributed by atoms with E-state index < -0.39 is 8.07 Å². The van der Waals surface area contributed by atoms with Gasteiger partial charge in [0.1, 0.15) is 0 Å². The molecule has 1 aliphatic rings. The van der Waals surface area contributed by atoms with Gasteiger partial charge in [-0.3, -0.25) is 0 Å². The van der Waals surface area contributed by atoms with E-state index >= 15 is 0 Å². The van der Waals surface area contributed by atoms with Crippen molar-refractivity contribution in [3.8, 4) is 0 Å². The predicted molar refractivity (Wildman–Crippen MR) is 170 cm³/mol. The van der Waals surface area contributed by atoms with E-state index in [4.69, 9.17) is 0 Å². The third-order valence-electron chi connectivity index (χ3n) is 8.95. The summed E-state index contributed by atoms with van der Waals surface area (Å²) in [4.78, 5) is 0. The summed E-state index contributed by atoms with van der Waals surface area (Å²) in [6, 6.07) is 29.5. The molecule has 0 saturated carbocycles. The summed E-state index contributed by atoms with van der Waals surface area (Å²) in [5, 5.41) is 4.57. The second kappa shape index (κ2) is 18.0. The quantitative estimate of drug-likeness (QED) is 0.167. The first kappa shape index (κ1) is 39.0. The van der Waals surface area contributed by atoms with E-state index in [9.17, 15) is 0 Å². The molecule has 0 aliphatic heterocycles. The molecular weight excluding hydrogens is 627 g/mol. The molecule has 3 aromatic rings. The van der Waals surface area contributed by atoms with E-state index in [0.717, 1.165) is 0 Å². The molecule has 0 heterocycles. The van der Waals surface area contributed by atoms with Crippen LogP contribution in [0.25, 0.3) is 0 Å². The first-order valence-corrected chi connectivity index (χ1v) is 18.1. The van der Waals surface area contributed by atoms with Gasteiger partial charge in [0.2, 0.25) is 0 Å². The molecular formula is C37H47Cl3SiTi. The fourth-order valence-corrected chi connectivity index (χ4v) is 14.4. The van der Waals surface area contributed by atoms with Crippen LogP contribution >= 0.6 is 0 Å². The average molecular weight is 674 g/mol. The van der Waals surface area contributed by atoms with Crippen molar-refractivity contribution < 1.29 is 57.7 Å². The molecule has 0 unspecified atom stereocenters. The maximum Gasteiger partial charge on any atom is -1.00 e. The SMILES string of the molecule is CCCCc1ccc([Si](c2ccc(CCCC)cc2)(c2ccc(CCCC)cc2)[C]2([Ti+3])C(C)=CC=C2C)cc1.[Cl-].[Cl-].[Cl-]. The molecule has 5 heteroatoms. The Morgan fingerprint density at radius 2 is 0.762 bits per heavy atom. The maximum absolute atomic E-state index is 2.55. The summed E-state index contributed by atoms with van der Waals surface area (Å²) in [5.41, 5.74) is 7.37. The van der Waals surface area contributed by atoms with Crippen LogP contribution in [-0.2, 0) is 39.7 Å². The van der Waals surface area contributed by atoms with Crippen molar-refractivity contribution in [2.45, 2.75) is 95.7 Å². The standard InChI is InChI=1S/C37H47Si.3ClH.Ti/c1-6-9-12-31-17-23-34(24-18-31)38(37-29(4)15-16-30(37)5,35-25-19-32(20-26-35)13-10-7-2)36-27-21-33(22-28-36)14-11-8-3;;;;/h15-28H,6-14H2,1-5H3;3*1H;/q;;;;+3/p-3. The summed E-state index contributed by atoms with van der Waals surface area (Å²) in [7, 11) is -2.54. The maximum atomic E-state index is 2.55. The van der Waals surface area contributed by atoms with Gasteiger partial charge >= 0.3 is 253 Å². The van der Waals surface area contributed by atoms with Crippen molar-refractivity contribution in [1.82, 2.24) is 0 Å². The predicted octanol–water partition coefficient (Wildman–Crippen LogP) is -0.652. The minimum atomic E-state index is -2.54. The van der Waals surface area contributed by atoms with E-state index in [-0.39, 0.29) is 40.6 Å². The van der Waals surface area contributed by atoms with Crippen LogP contribution in [-0.4, -0.2) is 8.07 Å². The number of allylic oxidation sites excluding steroid dienone is 4. The van der Waals surface area contributed by atoms with E-state index in [2.05, 4.69) is 140 Å². The third-order valence-corrected chi connectivity index (χ3v) is 17.4. The number of rotatable bonds is 13. The van der Waals surface area contributed by atoms with Gasteiger partial charge in [-0.1, -0.05) is 0 Å². The molecule has 0 amide bonds. The van der Waals surface area contributed by atoms with Gasteiger partial charge in [-0.05, 0) is 0 Å². The summed E-state index contributed by atoms with van der Waals surface area (Å²) in [6.07, 6.45) is 15.7. The van der Waals surface area contributed by atoms with E-state index in [1.54, 1.807) is 0 Å². The van der Waals surface area contributed by atoms with Crippen LogP contribution in [0.4, 0.5) is 0 Å². The Bertz CT molecular complexity index is 1130. The van der Waals surface area contributed by atoms with Crippen molar-refractivity contribution >= 4 is 23.6 Å². The topological polar surface area (TPSA) is 0 Å². The molecule has 3 aromatic carbocycles. The average Bonchev–Trinajstić information content (AvgIpc) is 3.24. The zero-order valence-corrected chi connectivity index (χ0v) is 30.9. The van der Waals surface area contributed by atoms with Crippen LogP contribution < -0.4 is 52.8 Å². The van der Waals surface area contributed by atoms with E-state index in [0.29, 0.717) is 0 Å². The summed E-state index contributed by atoms with van der Waals surface area (Å²) >= 11 is 2.55. The molecule has 0 fully saturated rings. The minimum Gasteiger partial charge on any atom is -1.00 e. The van der Waals surface area contributed by atoms with Crippen molar-refractivity contribution in [2.75, 3.05) is 0 Å². The summed E-state index contributed by atoms with van der Waals surface area (Å²) in [5.74, 6) is 0. The normalized spacial score (nSPS) is 13.8. The van der Waals surface area contributed by atoms with Gasteiger partial charge in [-0.2, -0.15) is 0 Å². The second-order valence-electron chi connectivity index (χ2n) is 11.6. The first-order chi connectivity index (χ1) is 18.9. The number of aryl methyl sites for hydroxylation is 3. The van der Waals surface area contributed by atoms with Crippen molar-refractivity contribution in [3.05, 3.63) is 113 Å². The molecule has 0 saturated heterocycles. The van der Waals surface area contributed by atoms with Gasteiger partial charge in [-0.25, -0.2) is 0 Å². The van der Waals surface area contributed by atoms with Crippen LogP contribution in [0.2, 0.25) is 3.34 Å². The van der Waals surface area contributed by atoms with Crippen LogP contribution in [0.5, 0.6) is 0 Å². The molecule has 42 heavy (non-hydrogen) atoms. The Morgan fingerprint density at radius 1 is 0.500 bits per heavy atom. The summed E-state index contributed by atoms with van der Waals surface area (Å²) in [6.45, 7) is 11.6. The first-order valence-electron chi connectivity index (χ1n) is 15.3. The number of unbranched alkanes of at least 4 members (excludes halogenated alkanes) is 3. The second-order valence-corrected chi connectivity index (χ2v) is 17.5. The largest absolute Gasteiger partial charge is 1.00 e. The van der Waals surface area contributed by atoms with Gasteiger partial charge in [0.15, 0.2) is 0 Å². The molecule has 0 atom stereocenters. The van der Waals surface area contributed by atoms with Crippen molar-refractivity contribution in [2.24, 2.45) is 0 Å². The smallest absolute Gasteiger partial charge is 1.00 e. The van der Waals surface area contributed by atoms with Crippen LogP contribution in [0, 0.1) is 0 Å². The Morgan fingerprint density at radius 3 is 1.00 bits per heavy atom. The van der Waals surface area contributed by atoms with Gasteiger partial charge in [0, 0.05) is 0 Å². The molecule has 4 rings (SSSR count). The molecule has 0 aromatic heterocycles. The third kappa shape index (κ3) is 7.77. The zero-order chi connectivity index (χ0) is 27.9. The van der Waals surface area contributed by atoms with Crippen LogP contribution in [0.1, 0.15) is 89.8 Å². The number of halogens is 3. The van der Waals surface area contributed by atoms with Gasteiger partial charge in [0.05, 0.1) is 0 Å². The van der Waals surface area contributed by atoms with Gasteiger partial charge < -0.3 is 37.2 Å². The Balaban J connectivity index is 0.00000294. The molecule has 0 N–H and O–H groups in total. The molecule has 0 radical (unpaired) electrons. The van der Waals surface area contributed by atoms with Crippen LogP contribution in [0.15, 0.2) is 96.1 Å². The number of hydrogen-bond donors (Lipinski definition) is 0. The minimum absolute atomic E-state index is 0. The van der Waals surface area contributed by atoms with Crippen molar-refractivity contribution in [1.29, 1.82) is 0 Å². The molecule has 0 nitrogen and oxygen atoms in total. The van der Waals surface area contributed by atoms with Gasteiger partial charge in [0.25, 0.3) is 0 Å². The fourth-order valence-electron chi connectivity index (χ4n) is 6.46. The number of hydrogen-bond acceptors (Lipinski definition) is 0. The molecule has 1 aliphatic carbocycles.